The smallest absolute Gasteiger partial charge is 0.118 e. The Morgan fingerprint density at radius 3 is 2.94 bits per heavy atom. The molecule has 0 aromatic carbocycles. The molecule has 1 aromatic heterocycles. The molecule has 2 atom stereocenters. The van der Waals surface area contributed by atoms with Gasteiger partial charge in [-0.2, -0.15) is 0 Å². The lowest BCUT2D eigenvalue weighted by Gasteiger charge is -2.31. The van der Waals surface area contributed by atoms with Crippen molar-refractivity contribution in [1.29, 1.82) is 0 Å². The van der Waals surface area contributed by atoms with Crippen molar-refractivity contribution in [3.63, 3.8) is 0 Å². The molecule has 3 nitrogen and oxygen atoms in total. The zero-order valence-electron chi connectivity index (χ0n) is 11.3. The Kier molecular flexibility index (Phi) is 3.71. The second-order valence-corrected chi connectivity index (χ2v) is 5.77. The van der Waals surface area contributed by atoms with Crippen LogP contribution in [0.15, 0.2) is 16.5 Å². The van der Waals surface area contributed by atoms with E-state index in [0.717, 1.165) is 36.6 Å². The second-order valence-electron chi connectivity index (χ2n) is 5.77. The number of hydrogen-bond acceptors (Lipinski definition) is 3. The number of nitrogens with one attached hydrogen (secondary N) is 1. The minimum Gasteiger partial charge on any atom is -0.463 e. The van der Waals surface area contributed by atoms with Gasteiger partial charge in [0, 0.05) is 6.04 Å². The fourth-order valence-corrected chi connectivity index (χ4v) is 3.68. The van der Waals surface area contributed by atoms with Crippen molar-refractivity contribution in [3.05, 3.63) is 23.7 Å². The Bertz CT molecular complexity index is 388. The molecular weight excluding hydrogens is 224 g/mol. The van der Waals surface area contributed by atoms with Crippen LogP contribution in [0.4, 0.5) is 0 Å². The van der Waals surface area contributed by atoms with Crippen LogP contribution in [0.25, 0.3) is 0 Å². The predicted octanol–water partition coefficient (Wildman–Crippen LogP) is 2.76. The van der Waals surface area contributed by atoms with Gasteiger partial charge in [0.25, 0.3) is 0 Å². The highest BCUT2D eigenvalue weighted by molar-refractivity contribution is 5.08. The lowest BCUT2D eigenvalue weighted by molar-refractivity contribution is 0.165. The summed E-state index contributed by atoms with van der Waals surface area (Å²) in [5.41, 5.74) is 0. The first-order valence-corrected chi connectivity index (χ1v) is 7.33. The van der Waals surface area contributed by atoms with E-state index in [1.54, 1.807) is 0 Å². The van der Waals surface area contributed by atoms with Gasteiger partial charge in [-0.1, -0.05) is 12.8 Å². The van der Waals surface area contributed by atoms with E-state index in [4.69, 9.17) is 4.42 Å². The van der Waals surface area contributed by atoms with Gasteiger partial charge < -0.3 is 9.73 Å². The molecule has 1 N–H and O–H groups in total. The minimum absolute atomic E-state index is 0.825. The summed E-state index contributed by atoms with van der Waals surface area (Å²) in [6, 6.07) is 5.07. The molecule has 1 saturated carbocycles. The van der Waals surface area contributed by atoms with Crippen LogP contribution in [-0.4, -0.2) is 24.5 Å². The third-order valence-electron chi connectivity index (χ3n) is 4.55. The van der Waals surface area contributed by atoms with Gasteiger partial charge in [-0.3, -0.25) is 4.90 Å². The van der Waals surface area contributed by atoms with E-state index in [9.17, 15) is 0 Å². The molecule has 0 bridgehead atoms. The maximum atomic E-state index is 5.86. The van der Waals surface area contributed by atoms with Crippen molar-refractivity contribution in [2.45, 2.75) is 51.2 Å². The zero-order valence-corrected chi connectivity index (χ0v) is 11.3. The van der Waals surface area contributed by atoms with Crippen molar-refractivity contribution < 1.29 is 4.42 Å². The third-order valence-corrected chi connectivity index (χ3v) is 4.55. The summed E-state index contributed by atoms with van der Waals surface area (Å²) in [5.74, 6) is 3.14. The highest BCUT2D eigenvalue weighted by atomic mass is 16.3. The van der Waals surface area contributed by atoms with Crippen LogP contribution in [0, 0.1) is 5.92 Å². The van der Waals surface area contributed by atoms with Crippen LogP contribution in [0.5, 0.6) is 0 Å². The van der Waals surface area contributed by atoms with Crippen molar-refractivity contribution >= 4 is 0 Å². The first-order valence-electron chi connectivity index (χ1n) is 7.33. The summed E-state index contributed by atoms with van der Waals surface area (Å²) < 4.78 is 5.86. The lowest BCUT2D eigenvalue weighted by Crippen LogP contribution is -2.34. The molecule has 2 fully saturated rings. The molecule has 2 unspecified atom stereocenters. The molecule has 0 spiro atoms. The summed E-state index contributed by atoms with van der Waals surface area (Å²) in [5, 5.41) is 3.13. The average molecular weight is 248 g/mol. The van der Waals surface area contributed by atoms with Crippen molar-refractivity contribution in [3.8, 4) is 0 Å². The molecule has 18 heavy (non-hydrogen) atoms. The molecule has 0 radical (unpaired) electrons. The molecule has 1 aromatic rings. The third kappa shape index (κ3) is 2.47. The van der Waals surface area contributed by atoms with E-state index in [0.29, 0.717) is 0 Å². The summed E-state index contributed by atoms with van der Waals surface area (Å²) >= 11 is 0. The number of nitrogens with zero attached hydrogens (tertiary/aromatic N) is 1. The lowest BCUT2D eigenvalue weighted by atomic mass is 9.85. The van der Waals surface area contributed by atoms with E-state index >= 15 is 0 Å². The molecule has 1 aliphatic carbocycles. The van der Waals surface area contributed by atoms with Crippen LogP contribution < -0.4 is 5.32 Å². The maximum absolute atomic E-state index is 5.86. The Hall–Kier alpha value is -0.800. The fourth-order valence-electron chi connectivity index (χ4n) is 3.68. The zero-order chi connectivity index (χ0) is 12.4. The quantitative estimate of drug-likeness (QED) is 0.888. The van der Waals surface area contributed by atoms with Crippen LogP contribution >= 0.6 is 0 Å². The summed E-state index contributed by atoms with van der Waals surface area (Å²) in [4.78, 5) is 2.64. The van der Waals surface area contributed by atoms with E-state index in [2.05, 4.69) is 22.3 Å². The topological polar surface area (TPSA) is 28.4 Å². The largest absolute Gasteiger partial charge is 0.463 e. The van der Waals surface area contributed by atoms with E-state index < -0.39 is 0 Å². The highest BCUT2D eigenvalue weighted by Gasteiger charge is 2.35. The first kappa shape index (κ1) is 12.2. The number of rotatable bonds is 4. The molecule has 2 heterocycles. The Balaban J connectivity index is 1.61. The molecule has 0 amide bonds. The highest BCUT2D eigenvalue weighted by Crippen LogP contribution is 2.36. The molecule has 1 saturated heterocycles. The van der Waals surface area contributed by atoms with E-state index in [1.165, 1.54) is 38.6 Å². The number of fused-ring (bicyclic) bond motifs is 1. The van der Waals surface area contributed by atoms with Gasteiger partial charge in [-0.25, -0.2) is 0 Å². The van der Waals surface area contributed by atoms with Gasteiger partial charge in [0.2, 0.25) is 0 Å². The van der Waals surface area contributed by atoms with Gasteiger partial charge >= 0.3 is 0 Å². The number of hydrogen-bond donors (Lipinski definition) is 1. The van der Waals surface area contributed by atoms with Gasteiger partial charge in [0.15, 0.2) is 0 Å². The SMILES string of the molecule is CNCc1ccc(CN2CCC3CCCCC32)o1. The number of likely N-dealkylation sites (tertiary alicyclic amines) is 1. The van der Waals surface area contributed by atoms with Gasteiger partial charge in [-0.15, -0.1) is 0 Å². The fraction of sp³-hybridized carbons (Fsp3) is 0.733. The van der Waals surface area contributed by atoms with E-state index in [1.807, 2.05) is 7.05 Å². The first-order chi connectivity index (χ1) is 8.86. The van der Waals surface area contributed by atoms with Gasteiger partial charge in [-0.05, 0) is 50.9 Å². The molecule has 3 heteroatoms. The summed E-state index contributed by atoms with van der Waals surface area (Å²) in [6.07, 6.45) is 7.11. The predicted molar refractivity (Wildman–Crippen MR) is 72.2 cm³/mol. The van der Waals surface area contributed by atoms with E-state index in [-0.39, 0.29) is 0 Å². The minimum atomic E-state index is 0.825. The normalized spacial score (nSPS) is 28.5. The molecule has 100 valence electrons. The Morgan fingerprint density at radius 2 is 2.06 bits per heavy atom. The molecule has 3 rings (SSSR count). The van der Waals surface area contributed by atoms with Gasteiger partial charge in [0.05, 0.1) is 13.1 Å². The van der Waals surface area contributed by atoms with Crippen LogP contribution in [-0.2, 0) is 13.1 Å². The molecular formula is C15H24N2O. The van der Waals surface area contributed by atoms with Gasteiger partial charge in [0.1, 0.15) is 11.5 Å². The second kappa shape index (κ2) is 5.45. The van der Waals surface area contributed by atoms with Crippen molar-refractivity contribution in [2.75, 3.05) is 13.6 Å². The summed E-state index contributed by atoms with van der Waals surface area (Å²) in [7, 11) is 1.95. The standard InChI is InChI=1S/C15H24N2O/c1-16-10-13-6-7-14(18-13)11-17-9-8-12-4-2-3-5-15(12)17/h6-7,12,15-16H,2-5,8-11H2,1H3. The molecule has 2 aliphatic rings. The Labute approximate surface area is 110 Å². The van der Waals surface area contributed by atoms with Crippen LogP contribution in [0.2, 0.25) is 0 Å². The average Bonchev–Trinajstić information content (AvgIpc) is 2.99. The van der Waals surface area contributed by atoms with Crippen LogP contribution in [0.3, 0.4) is 0 Å². The molecule has 1 aliphatic heterocycles. The number of furan rings is 1. The Morgan fingerprint density at radius 1 is 1.22 bits per heavy atom. The van der Waals surface area contributed by atoms with Crippen molar-refractivity contribution in [2.24, 2.45) is 5.92 Å². The van der Waals surface area contributed by atoms with Crippen LogP contribution in [0.1, 0.15) is 43.6 Å². The maximum Gasteiger partial charge on any atom is 0.118 e. The van der Waals surface area contributed by atoms with Crippen molar-refractivity contribution in [1.82, 2.24) is 10.2 Å². The monoisotopic (exact) mass is 248 g/mol. The summed E-state index contributed by atoms with van der Waals surface area (Å²) in [6.45, 7) is 3.09.